The number of nitro benzene ring substituents is 2. The van der Waals surface area contributed by atoms with Gasteiger partial charge in [0.15, 0.2) is 5.75 Å². The van der Waals surface area contributed by atoms with Crippen LogP contribution in [-0.2, 0) is 10.2 Å². The Hall–Kier alpha value is -4.79. The Morgan fingerprint density at radius 1 is 1.03 bits per heavy atom. The Bertz CT molecular complexity index is 1460. The highest BCUT2D eigenvalue weighted by atomic mass is 16.6. The van der Waals surface area contributed by atoms with Crippen LogP contribution in [0.5, 0.6) is 5.75 Å². The number of carbonyl (C=O) groups excluding carboxylic acids is 1. The molecule has 1 unspecified atom stereocenters. The van der Waals surface area contributed by atoms with Gasteiger partial charge in [0, 0.05) is 41.8 Å². The first-order valence-electron chi connectivity index (χ1n) is 11.5. The number of Topliss-reactive ketones (excluding diaryl/α,β-unsaturated/α-hetero) is 1. The van der Waals surface area contributed by atoms with E-state index in [1.165, 1.54) is 31.2 Å². The largest absolute Gasteiger partial charge is 0.438 e. The average molecular weight is 500 g/mol. The molecule has 0 aromatic heterocycles. The lowest BCUT2D eigenvalue weighted by Gasteiger charge is -2.32. The zero-order valence-corrected chi connectivity index (χ0v) is 20.6. The molecule has 188 valence electrons. The maximum atomic E-state index is 12.4. The lowest BCUT2D eigenvalue weighted by molar-refractivity contribution is -0.385. The maximum Gasteiger partial charge on any atom is 0.273 e. The topological polar surface area (TPSA) is 116 Å². The summed E-state index contributed by atoms with van der Waals surface area (Å²) < 4.78 is 6.09. The van der Waals surface area contributed by atoms with Gasteiger partial charge in [-0.1, -0.05) is 37.8 Å². The van der Waals surface area contributed by atoms with Gasteiger partial charge in [0.2, 0.25) is 5.88 Å². The fourth-order valence-electron chi connectivity index (χ4n) is 4.60. The first-order valence-corrected chi connectivity index (χ1v) is 11.5. The second-order valence-electron chi connectivity index (χ2n) is 9.16. The van der Waals surface area contributed by atoms with Crippen LogP contribution in [0.2, 0.25) is 0 Å². The van der Waals surface area contributed by atoms with Crippen molar-refractivity contribution in [3.05, 3.63) is 122 Å². The molecule has 0 saturated carbocycles. The van der Waals surface area contributed by atoms with Crippen molar-refractivity contribution in [2.45, 2.75) is 32.6 Å². The Balaban J connectivity index is 1.85. The summed E-state index contributed by atoms with van der Waals surface area (Å²) in [5.41, 5.74) is 2.06. The van der Waals surface area contributed by atoms with Gasteiger partial charge in [-0.15, -0.1) is 0 Å². The van der Waals surface area contributed by atoms with Crippen LogP contribution in [-0.4, -0.2) is 15.6 Å². The van der Waals surface area contributed by atoms with Crippen LogP contribution >= 0.6 is 0 Å². The molecule has 3 aromatic carbocycles. The number of nitrogens with zero attached hydrogens (tertiary/aromatic N) is 3. The first kappa shape index (κ1) is 25.3. The van der Waals surface area contributed by atoms with Crippen molar-refractivity contribution in [3.63, 3.8) is 0 Å². The van der Waals surface area contributed by atoms with Crippen LogP contribution in [0.3, 0.4) is 0 Å². The SMILES string of the molecule is C=C(/C=C1\Oc2cc([N+](=O)[O-])ccc2N1c1ccccc1)C(C)(CC(C)=O)c1cc([N+](=O)[O-])ccc1C. The molecule has 9 nitrogen and oxygen atoms in total. The summed E-state index contributed by atoms with van der Waals surface area (Å²) in [6, 6.07) is 18.3. The average Bonchev–Trinajstić information content (AvgIpc) is 3.21. The molecule has 0 amide bonds. The quantitative estimate of drug-likeness (QED) is 0.251. The van der Waals surface area contributed by atoms with E-state index in [1.807, 2.05) is 44.2 Å². The van der Waals surface area contributed by atoms with Crippen molar-refractivity contribution in [3.8, 4) is 5.75 Å². The smallest absolute Gasteiger partial charge is 0.273 e. The van der Waals surface area contributed by atoms with Gasteiger partial charge in [0.1, 0.15) is 5.78 Å². The molecule has 0 N–H and O–H groups in total. The molecule has 0 saturated heterocycles. The predicted molar refractivity (Wildman–Crippen MR) is 140 cm³/mol. The number of ketones is 1. The Morgan fingerprint density at radius 3 is 2.27 bits per heavy atom. The fraction of sp³-hybridized carbons (Fsp3) is 0.179. The van der Waals surface area contributed by atoms with Crippen molar-refractivity contribution in [2.75, 3.05) is 4.90 Å². The normalized spacial score (nSPS) is 15.0. The van der Waals surface area contributed by atoms with E-state index in [9.17, 15) is 25.0 Å². The van der Waals surface area contributed by atoms with E-state index < -0.39 is 15.3 Å². The maximum absolute atomic E-state index is 12.4. The highest BCUT2D eigenvalue weighted by Gasteiger charge is 2.36. The zero-order valence-electron chi connectivity index (χ0n) is 20.6. The molecule has 0 aliphatic carbocycles. The van der Waals surface area contributed by atoms with Gasteiger partial charge in [-0.25, -0.2) is 0 Å². The monoisotopic (exact) mass is 499 g/mol. The fourth-order valence-corrected chi connectivity index (χ4v) is 4.60. The summed E-state index contributed by atoms with van der Waals surface area (Å²) in [6.45, 7) is 9.37. The summed E-state index contributed by atoms with van der Waals surface area (Å²) in [5.74, 6) is 0.528. The first-order chi connectivity index (χ1) is 17.5. The third-order valence-corrected chi connectivity index (χ3v) is 6.48. The van der Waals surface area contributed by atoms with Gasteiger partial charge < -0.3 is 4.74 Å². The molecule has 1 heterocycles. The molecule has 0 radical (unpaired) electrons. The van der Waals surface area contributed by atoms with Crippen LogP contribution in [0, 0.1) is 27.2 Å². The summed E-state index contributed by atoms with van der Waals surface area (Å²) >= 11 is 0. The number of para-hydroxylation sites is 1. The second-order valence-corrected chi connectivity index (χ2v) is 9.16. The molecule has 1 aliphatic rings. The van der Waals surface area contributed by atoms with Crippen molar-refractivity contribution < 1.29 is 19.4 Å². The Labute approximate surface area is 213 Å². The lowest BCUT2D eigenvalue weighted by Crippen LogP contribution is -2.28. The number of carbonyl (C=O) groups is 1. The van der Waals surface area contributed by atoms with Gasteiger partial charge in [0.25, 0.3) is 11.4 Å². The second kappa shape index (κ2) is 9.69. The lowest BCUT2D eigenvalue weighted by atomic mass is 9.71. The van der Waals surface area contributed by atoms with Crippen LogP contribution in [0.1, 0.15) is 31.4 Å². The summed E-state index contributed by atoms with van der Waals surface area (Å²) in [7, 11) is 0. The van der Waals surface area contributed by atoms with Crippen molar-refractivity contribution in [1.82, 2.24) is 0 Å². The van der Waals surface area contributed by atoms with Crippen molar-refractivity contribution in [2.24, 2.45) is 0 Å². The number of rotatable bonds is 8. The number of allylic oxidation sites excluding steroid dienone is 2. The minimum atomic E-state index is -0.985. The molecule has 0 spiro atoms. The van der Waals surface area contributed by atoms with Crippen LogP contribution < -0.4 is 9.64 Å². The van der Waals surface area contributed by atoms with Gasteiger partial charge in [-0.2, -0.15) is 0 Å². The van der Waals surface area contributed by atoms with E-state index in [4.69, 9.17) is 4.74 Å². The molecule has 37 heavy (non-hydrogen) atoms. The molecule has 0 fully saturated rings. The zero-order chi connectivity index (χ0) is 26.9. The number of hydrogen-bond donors (Lipinski definition) is 0. The molecule has 3 aromatic rings. The van der Waals surface area contributed by atoms with E-state index >= 15 is 0 Å². The molecule has 9 heteroatoms. The highest BCUT2D eigenvalue weighted by Crippen LogP contribution is 2.47. The van der Waals surface area contributed by atoms with Crippen LogP contribution in [0.15, 0.2) is 90.8 Å². The van der Waals surface area contributed by atoms with Crippen LogP contribution in [0.25, 0.3) is 0 Å². The highest BCUT2D eigenvalue weighted by molar-refractivity contribution is 5.80. The van der Waals surface area contributed by atoms with E-state index in [0.717, 1.165) is 11.3 Å². The third kappa shape index (κ3) is 4.84. The molecule has 1 aliphatic heterocycles. The number of nitro groups is 2. The number of anilines is 2. The minimum Gasteiger partial charge on any atom is -0.438 e. The number of fused-ring (bicyclic) bond motifs is 1. The van der Waals surface area contributed by atoms with Crippen LogP contribution in [0.4, 0.5) is 22.7 Å². The molecule has 4 rings (SSSR count). The Morgan fingerprint density at radius 2 is 1.65 bits per heavy atom. The van der Waals surface area contributed by atoms with E-state index in [-0.39, 0.29) is 23.6 Å². The van der Waals surface area contributed by atoms with E-state index in [0.29, 0.717) is 28.5 Å². The number of ether oxygens (including phenoxy) is 1. The number of non-ortho nitro benzene ring substituents is 2. The number of aryl methyl sites for hydroxylation is 1. The minimum absolute atomic E-state index is 0.0569. The third-order valence-electron chi connectivity index (χ3n) is 6.48. The standard InChI is InChI=1S/C28H25N3O6/c1-18-10-11-22(30(33)34)15-24(18)28(4,17-20(3)32)19(2)14-27-29(21-8-6-5-7-9-21)25-13-12-23(31(35)36)16-26(25)37-27/h5-16H,2,17H2,1,3-4H3/b27-14-. The van der Waals surface area contributed by atoms with Gasteiger partial charge in [-0.3, -0.25) is 29.9 Å². The molecular weight excluding hydrogens is 474 g/mol. The van der Waals surface area contributed by atoms with Gasteiger partial charge in [0.05, 0.1) is 21.6 Å². The van der Waals surface area contributed by atoms with Crippen molar-refractivity contribution in [1.29, 1.82) is 0 Å². The molecule has 1 atom stereocenters. The Kier molecular flexibility index (Phi) is 6.63. The summed E-state index contributed by atoms with van der Waals surface area (Å²) in [5, 5.41) is 22.8. The number of hydrogen-bond acceptors (Lipinski definition) is 7. The predicted octanol–water partition coefficient (Wildman–Crippen LogP) is 6.68. The van der Waals surface area contributed by atoms with Gasteiger partial charge in [-0.05, 0) is 48.7 Å². The summed E-state index contributed by atoms with van der Waals surface area (Å²) in [6.07, 6.45) is 1.74. The molecular formula is C28H25N3O6. The molecule has 0 bridgehead atoms. The summed E-state index contributed by atoms with van der Waals surface area (Å²) in [4.78, 5) is 36.0. The van der Waals surface area contributed by atoms with E-state index in [2.05, 4.69) is 6.58 Å². The van der Waals surface area contributed by atoms with E-state index in [1.54, 1.807) is 23.1 Å². The van der Waals surface area contributed by atoms with Crippen molar-refractivity contribution >= 4 is 28.5 Å². The van der Waals surface area contributed by atoms with Gasteiger partial charge >= 0.3 is 0 Å². The number of benzene rings is 3.